The van der Waals surface area contributed by atoms with Crippen molar-refractivity contribution in [2.24, 2.45) is 17.5 Å². The van der Waals surface area contributed by atoms with Crippen LogP contribution in [0.3, 0.4) is 0 Å². The van der Waals surface area contributed by atoms with Crippen LogP contribution < -0.4 is 5.32 Å². The summed E-state index contributed by atoms with van der Waals surface area (Å²) in [6.45, 7) is 8.10. The highest BCUT2D eigenvalue weighted by Gasteiger charge is 2.24. The third kappa shape index (κ3) is 6.16. The largest absolute Gasteiger partial charge is 0.379 e. The Hall–Kier alpha value is -0.760. The second-order valence-electron chi connectivity index (χ2n) is 6.48. The molecule has 1 unspecified atom stereocenters. The lowest BCUT2D eigenvalue weighted by Crippen LogP contribution is -2.45. The van der Waals surface area contributed by atoms with Crippen LogP contribution in [0.5, 0.6) is 0 Å². The highest BCUT2D eigenvalue weighted by atomic mass is 127. The van der Waals surface area contributed by atoms with Crippen LogP contribution in [0.2, 0.25) is 0 Å². The van der Waals surface area contributed by atoms with Gasteiger partial charge in [-0.1, -0.05) is 20.8 Å². The van der Waals surface area contributed by atoms with Crippen molar-refractivity contribution in [3.05, 3.63) is 24.0 Å². The Morgan fingerprint density at radius 3 is 2.50 bits per heavy atom. The average Bonchev–Trinajstić information content (AvgIpc) is 2.78. The van der Waals surface area contributed by atoms with Crippen LogP contribution in [0.1, 0.15) is 26.5 Å². The van der Waals surface area contributed by atoms with Crippen molar-refractivity contribution in [1.29, 1.82) is 0 Å². The average molecular weight is 422 g/mol. The van der Waals surface area contributed by atoms with Gasteiger partial charge in [0.1, 0.15) is 0 Å². The molecule has 5 nitrogen and oxygen atoms in total. The van der Waals surface area contributed by atoms with Crippen molar-refractivity contribution < 1.29 is 4.74 Å². The number of rotatable bonds is 5. The van der Waals surface area contributed by atoms with Crippen molar-refractivity contribution in [2.45, 2.75) is 33.4 Å². The van der Waals surface area contributed by atoms with Gasteiger partial charge >= 0.3 is 0 Å². The number of aryl methyl sites for hydroxylation is 1. The zero-order valence-corrected chi connectivity index (χ0v) is 17.2. The van der Waals surface area contributed by atoms with Gasteiger partial charge in [0.05, 0.1) is 12.6 Å². The van der Waals surface area contributed by atoms with Gasteiger partial charge in [-0.05, 0) is 17.5 Å². The minimum atomic E-state index is 0. The molecule has 1 N–H and O–H groups in total. The number of nitrogens with one attached hydrogen (secondary N) is 1. The van der Waals surface area contributed by atoms with Crippen LogP contribution in [0.25, 0.3) is 0 Å². The molecule has 0 saturated heterocycles. The Bertz CT molecular complexity index is 465. The third-order valence-electron chi connectivity index (χ3n) is 3.72. The number of aliphatic imine (C=N–C) groups is 1. The second kappa shape index (κ2) is 9.39. The van der Waals surface area contributed by atoms with Crippen LogP contribution >= 0.6 is 24.0 Å². The third-order valence-corrected chi connectivity index (χ3v) is 3.72. The Morgan fingerprint density at radius 2 is 2.09 bits per heavy atom. The summed E-state index contributed by atoms with van der Waals surface area (Å²) < 4.78 is 7.70. The predicted octanol–water partition coefficient (Wildman–Crippen LogP) is 2.71. The van der Waals surface area contributed by atoms with E-state index in [9.17, 15) is 0 Å². The van der Waals surface area contributed by atoms with Gasteiger partial charge in [0.25, 0.3) is 0 Å². The summed E-state index contributed by atoms with van der Waals surface area (Å²) >= 11 is 0. The summed E-state index contributed by atoms with van der Waals surface area (Å²) in [5, 5.41) is 3.40. The number of guanidine groups is 1. The minimum Gasteiger partial charge on any atom is -0.379 e. The molecule has 0 fully saturated rings. The summed E-state index contributed by atoms with van der Waals surface area (Å²) in [5.41, 5.74) is 1.34. The molecule has 1 heterocycles. The van der Waals surface area contributed by atoms with Gasteiger partial charge in [-0.25, -0.2) is 0 Å². The van der Waals surface area contributed by atoms with Crippen LogP contribution in [0.15, 0.2) is 23.3 Å². The Morgan fingerprint density at radius 1 is 1.45 bits per heavy atom. The number of ether oxygens (including phenoxy) is 1. The monoisotopic (exact) mass is 422 g/mol. The van der Waals surface area contributed by atoms with Gasteiger partial charge in [-0.3, -0.25) is 4.99 Å². The number of methoxy groups -OCH3 is 1. The summed E-state index contributed by atoms with van der Waals surface area (Å²) in [4.78, 5) is 6.47. The van der Waals surface area contributed by atoms with E-state index in [1.54, 1.807) is 7.11 Å². The highest BCUT2D eigenvalue weighted by Crippen LogP contribution is 2.21. The normalized spacial score (nSPS) is 13.5. The minimum absolute atomic E-state index is 0. The van der Waals surface area contributed by atoms with Gasteiger partial charge in [-0.2, -0.15) is 0 Å². The maximum atomic E-state index is 5.57. The molecule has 0 bridgehead atoms. The Kier molecular flexibility index (Phi) is 9.07. The zero-order chi connectivity index (χ0) is 16.0. The van der Waals surface area contributed by atoms with Crippen LogP contribution in [-0.4, -0.2) is 49.3 Å². The fraction of sp³-hybridized carbons (Fsp3) is 0.688. The van der Waals surface area contributed by atoms with E-state index >= 15 is 0 Å². The van der Waals surface area contributed by atoms with E-state index < -0.39 is 0 Å². The molecule has 1 rings (SSSR count). The van der Waals surface area contributed by atoms with Gasteiger partial charge < -0.3 is 19.5 Å². The van der Waals surface area contributed by atoms with E-state index in [2.05, 4.69) is 65.9 Å². The molecule has 0 aliphatic heterocycles. The molecule has 128 valence electrons. The first-order valence-corrected chi connectivity index (χ1v) is 7.34. The molecule has 0 saturated carbocycles. The van der Waals surface area contributed by atoms with Crippen LogP contribution in [-0.2, 0) is 18.3 Å². The Balaban J connectivity index is 0.00000441. The molecule has 1 atom stereocenters. The first kappa shape index (κ1) is 21.2. The maximum Gasteiger partial charge on any atom is 0.193 e. The first-order valence-electron chi connectivity index (χ1n) is 7.34. The smallest absolute Gasteiger partial charge is 0.193 e. The number of halogens is 1. The Labute approximate surface area is 152 Å². The maximum absolute atomic E-state index is 5.57. The summed E-state index contributed by atoms with van der Waals surface area (Å²) in [5.74, 6) is 0.877. The molecule has 0 aromatic carbocycles. The fourth-order valence-corrected chi connectivity index (χ4v) is 2.29. The van der Waals surface area contributed by atoms with Crippen molar-refractivity contribution >= 4 is 29.9 Å². The molecule has 6 heteroatoms. The molecule has 0 radical (unpaired) electrons. The van der Waals surface area contributed by atoms with Gasteiger partial charge in [0, 0.05) is 46.7 Å². The molecule has 1 aromatic heterocycles. The molecule has 0 aliphatic rings. The van der Waals surface area contributed by atoms with Crippen LogP contribution in [0.4, 0.5) is 0 Å². The number of nitrogens with zero attached hydrogens (tertiary/aromatic N) is 3. The van der Waals surface area contributed by atoms with E-state index in [4.69, 9.17) is 4.74 Å². The zero-order valence-electron chi connectivity index (χ0n) is 14.9. The number of aromatic nitrogens is 1. The van der Waals surface area contributed by atoms with E-state index in [0.29, 0.717) is 0 Å². The van der Waals surface area contributed by atoms with Crippen molar-refractivity contribution in [1.82, 2.24) is 14.8 Å². The van der Waals surface area contributed by atoms with Gasteiger partial charge in [0.2, 0.25) is 0 Å². The second-order valence-corrected chi connectivity index (χ2v) is 6.48. The topological polar surface area (TPSA) is 41.8 Å². The SMILES string of the molecule is CN=C(NCC(OC)C(C)(C)C)N(C)Cc1cccn1C.I. The molecule has 0 amide bonds. The standard InChI is InChI=1S/C16H30N4O.HI/c1-16(2,3)14(21-7)11-18-15(17-4)20(6)12-13-9-8-10-19(13)5;/h8-10,14H,11-12H2,1-7H3,(H,17,18);1H. The number of hydrogen-bond acceptors (Lipinski definition) is 2. The summed E-state index contributed by atoms with van der Waals surface area (Å²) in [7, 11) is 7.66. The van der Waals surface area contributed by atoms with E-state index in [1.165, 1.54) is 5.69 Å². The lowest BCUT2D eigenvalue weighted by atomic mass is 9.89. The van der Waals surface area contributed by atoms with E-state index in [-0.39, 0.29) is 35.5 Å². The fourth-order valence-electron chi connectivity index (χ4n) is 2.29. The lowest BCUT2D eigenvalue weighted by molar-refractivity contribution is 0.0202. The molecular formula is C16H31IN4O. The predicted molar refractivity (Wildman–Crippen MR) is 104 cm³/mol. The van der Waals surface area contributed by atoms with E-state index in [1.807, 2.05) is 14.1 Å². The van der Waals surface area contributed by atoms with Crippen molar-refractivity contribution in [2.75, 3.05) is 27.7 Å². The van der Waals surface area contributed by atoms with E-state index in [0.717, 1.165) is 19.0 Å². The molecule has 0 spiro atoms. The lowest BCUT2D eigenvalue weighted by Gasteiger charge is -2.31. The van der Waals surface area contributed by atoms with Gasteiger partial charge in [0.15, 0.2) is 5.96 Å². The molecule has 1 aromatic rings. The summed E-state index contributed by atoms with van der Waals surface area (Å²) in [6.07, 6.45) is 2.19. The number of hydrogen-bond donors (Lipinski definition) is 1. The molecular weight excluding hydrogens is 391 g/mol. The van der Waals surface area contributed by atoms with Crippen molar-refractivity contribution in [3.8, 4) is 0 Å². The van der Waals surface area contributed by atoms with Crippen LogP contribution in [0, 0.1) is 5.41 Å². The molecule has 22 heavy (non-hydrogen) atoms. The highest BCUT2D eigenvalue weighted by molar-refractivity contribution is 14.0. The first-order chi connectivity index (χ1) is 9.79. The van der Waals surface area contributed by atoms with Crippen molar-refractivity contribution in [3.63, 3.8) is 0 Å². The quantitative estimate of drug-likeness (QED) is 0.451. The van der Waals surface area contributed by atoms with Gasteiger partial charge in [-0.15, -0.1) is 24.0 Å². The summed E-state index contributed by atoms with van der Waals surface area (Å²) in [6, 6.07) is 4.18. The molecule has 0 aliphatic carbocycles.